The Balaban J connectivity index is 3.50. The first kappa shape index (κ1) is 15.6. The summed E-state index contributed by atoms with van der Waals surface area (Å²) in [4.78, 5) is 11.3. The highest BCUT2D eigenvalue weighted by Crippen LogP contribution is 2.09. The minimum atomic E-state index is -0.434. The summed E-state index contributed by atoms with van der Waals surface area (Å²) in [6.45, 7) is 10.1. The molecule has 0 saturated heterocycles. The Bertz CT molecular complexity index is 219. The molecule has 5 heteroatoms. The third-order valence-electron chi connectivity index (χ3n) is 1.39. The van der Waals surface area contributed by atoms with Crippen LogP contribution in [0, 0.1) is 0 Å². The van der Waals surface area contributed by atoms with Crippen LogP contribution >= 0.6 is 11.8 Å². The Morgan fingerprint density at radius 3 is 2.31 bits per heavy atom. The van der Waals surface area contributed by atoms with Crippen LogP contribution in [0.2, 0.25) is 0 Å². The number of hydrogen-bond donors (Lipinski definition) is 2. The van der Waals surface area contributed by atoms with Crippen LogP contribution in [0.4, 0.5) is 4.79 Å². The molecule has 0 spiro atoms. The van der Waals surface area contributed by atoms with Crippen molar-refractivity contribution in [1.29, 1.82) is 0 Å². The van der Waals surface area contributed by atoms with E-state index in [2.05, 4.69) is 5.32 Å². The minimum absolute atomic E-state index is 0.156. The molecule has 3 N–H and O–H groups in total. The van der Waals surface area contributed by atoms with Gasteiger partial charge in [-0.05, 0) is 34.6 Å². The average molecular weight is 248 g/mol. The van der Waals surface area contributed by atoms with Crippen LogP contribution in [0.1, 0.15) is 34.6 Å². The molecule has 0 fully saturated rings. The van der Waals surface area contributed by atoms with E-state index in [1.54, 1.807) is 11.8 Å². The molecule has 0 rings (SSSR count). The molecule has 0 radical (unpaired) electrons. The van der Waals surface area contributed by atoms with Gasteiger partial charge in [-0.1, -0.05) is 0 Å². The summed E-state index contributed by atoms with van der Waals surface area (Å²) < 4.78 is 5.10. The molecule has 0 aromatic rings. The lowest BCUT2D eigenvalue weighted by atomic mass is 10.1. The molecule has 0 aliphatic heterocycles. The zero-order valence-electron chi connectivity index (χ0n) is 10.9. The van der Waals surface area contributed by atoms with Crippen molar-refractivity contribution >= 4 is 17.9 Å². The third kappa shape index (κ3) is 11.7. The maximum absolute atomic E-state index is 11.3. The topological polar surface area (TPSA) is 64.3 Å². The molecule has 0 saturated carbocycles. The number of nitrogens with one attached hydrogen (secondary N) is 1. The van der Waals surface area contributed by atoms with Crippen molar-refractivity contribution in [2.45, 2.75) is 45.8 Å². The SMILES string of the molecule is CC(C)(N)CSCCNC(=O)OC(C)(C)C. The number of nitrogens with two attached hydrogens (primary N) is 1. The van der Waals surface area contributed by atoms with Gasteiger partial charge in [0.05, 0.1) is 0 Å². The third-order valence-corrected chi connectivity index (χ3v) is 2.83. The highest BCUT2D eigenvalue weighted by Gasteiger charge is 2.15. The first-order valence-electron chi connectivity index (χ1n) is 5.44. The summed E-state index contributed by atoms with van der Waals surface area (Å²) in [5, 5.41) is 2.70. The number of ether oxygens (including phenoxy) is 1. The molecule has 0 aliphatic carbocycles. The van der Waals surface area contributed by atoms with Gasteiger partial charge < -0.3 is 15.8 Å². The molecule has 0 unspecified atom stereocenters. The molecule has 16 heavy (non-hydrogen) atoms. The summed E-state index contributed by atoms with van der Waals surface area (Å²) in [7, 11) is 0. The maximum atomic E-state index is 11.3. The quantitative estimate of drug-likeness (QED) is 0.730. The fourth-order valence-electron chi connectivity index (χ4n) is 0.875. The van der Waals surface area contributed by atoms with Crippen LogP contribution in [0.15, 0.2) is 0 Å². The molecule has 0 bridgehead atoms. The molecule has 0 atom stereocenters. The Morgan fingerprint density at radius 1 is 1.31 bits per heavy atom. The van der Waals surface area contributed by atoms with Crippen LogP contribution in [-0.4, -0.2) is 35.3 Å². The fraction of sp³-hybridized carbons (Fsp3) is 0.909. The van der Waals surface area contributed by atoms with Gasteiger partial charge in [-0.2, -0.15) is 11.8 Å². The molecule has 1 amide bonds. The summed E-state index contributed by atoms with van der Waals surface area (Å²) >= 11 is 1.72. The van der Waals surface area contributed by atoms with Crippen LogP contribution in [-0.2, 0) is 4.74 Å². The van der Waals surface area contributed by atoms with Crippen molar-refractivity contribution in [2.75, 3.05) is 18.1 Å². The molecular formula is C11H24N2O2S. The molecule has 0 aromatic heterocycles. The average Bonchev–Trinajstić information content (AvgIpc) is 1.97. The van der Waals surface area contributed by atoms with Gasteiger partial charge in [-0.3, -0.25) is 0 Å². The second-order valence-electron chi connectivity index (χ2n) is 5.47. The van der Waals surface area contributed by atoms with Crippen molar-refractivity contribution in [3.63, 3.8) is 0 Å². The van der Waals surface area contributed by atoms with Crippen molar-refractivity contribution < 1.29 is 9.53 Å². The van der Waals surface area contributed by atoms with Gasteiger partial charge in [0.25, 0.3) is 0 Å². The fourth-order valence-corrected chi connectivity index (χ4v) is 1.79. The summed E-state index contributed by atoms with van der Waals surface area (Å²) in [5.74, 6) is 1.73. The van der Waals surface area contributed by atoms with Gasteiger partial charge in [0, 0.05) is 23.6 Å². The van der Waals surface area contributed by atoms with Crippen molar-refractivity contribution in [3.8, 4) is 0 Å². The first-order valence-corrected chi connectivity index (χ1v) is 6.59. The lowest BCUT2D eigenvalue weighted by molar-refractivity contribution is 0.0531. The van der Waals surface area contributed by atoms with Crippen molar-refractivity contribution in [3.05, 3.63) is 0 Å². The number of carbonyl (C=O) groups excluding carboxylic acids is 1. The van der Waals surface area contributed by atoms with E-state index in [1.165, 1.54) is 0 Å². The number of amides is 1. The van der Waals surface area contributed by atoms with Gasteiger partial charge in [-0.15, -0.1) is 0 Å². The molecule has 0 heterocycles. The normalized spacial score (nSPS) is 12.4. The Labute approximate surface area is 103 Å². The second-order valence-corrected chi connectivity index (χ2v) is 6.58. The highest BCUT2D eigenvalue weighted by atomic mass is 32.2. The summed E-state index contributed by atoms with van der Waals surface area (Å²) in [6.07, 6.45) is -0.361. The largest absolute Gasteiger partial charge is 0.444 e. The highest BCUT2D eigenvalue weighted by molar-refractivity contribution is 7.99. The monoisotopic (exact) mass is 248 g/mol. The zero-order valence-corrected chi connectivity index (χ0v) is 11.7. The molecule has 4 nitrogen and oxygen atoms in total. The second kappa shape index (κ2) is 6.35. The van der Waals surface area contributed by atoms with Crippen LogP contribution < -0.4 is 11.1 Å². The maximum Gasteiger partial charge on any atom is 0.407 e. The Morgan fingerprint density at radius 2 is 1.88 bits per heavy atom. The van der Waals surface area contributed by atoms with E-state index in [9.17, 15) is 4.79 Å². The minimum Gasteiger partial charge on any atom is -0.444 e. The number of hydrogen-bond acceptors (Lipinski definition) is 4. The lowest BCUT2D eigenvalue weighted by Crippen LogP contribution is -2.36. The van der Waals surface area contributed by atoms with Crippen LogP contribution in [0.3, 0.4) is 0 Å². The lowest BCUT2D eigenvalue weighted by Gasteiger charge is -2.20. The predicted molar refractivity (Wildman–Crippen MR) is 69.8 cm³/mol. The van der Waals surface area contributed by atoms with E-state index in [0.29, 0.717) is 6.54 Å². The standard InChI is InChI=1S/C11H24N2O2S/c1-10(2,3)15-9(14)13-6-7-16-8-11(4,5)12/h6-8,12H2,1-5H3,(H,13,14). The van der Waals surface area contributed by atoms with Gasteiger partial charge in [0.2, 0.25) is 0 Å². The van der Waals surface area contributed by atoms with Crippen molar-refractivity contribution in [1.82, 2.24) is 5.32 Å². The first-order chi connectivity index (χ1) is 7.10. The molecule has 0 aromatic carbocycles. The van der Waals surface area contributed by atoms with E-state index in [0.717, 1.165) is 11.5 Å². The van der Waals surface area contributed by atoms with Gasteiger partial charge in [0.15, 0.2) is 0 Å². The number of alkyl carbamates (subject to hydrolysis) is 1. The summed E-state index contributed by atoms with van der Waals surface area (Å²) in [5.41, 5.74) is 5.24. The summed E-state index contributed by atoms with van der Waals surface area (Å²) in [6, 6.07) is 0. The Kier molecular flexibility index (Phi) is 6.18. The van der Waals surface area contributed by atoms with Gasteiger partial charge in [-0.25, -0.2) is 4.79 Å². The predicted octanol–water partition coefficient (Wildman–Crippen LogP) is 1.98. The van der Waals surface area contributed by atoms with Gasteiger partial charge >= 0.3 is 6.09 Å². The van der Waals surface area contributed by atoms with Crippen molar-refractivity contribution in [2.24, 2.45) is 5.73 Å². The number of thioether (sulfide) groups is 1. The molecular weight excluding hydrogens is 224 g/mol. The smallest absolute Gasteiger partial charge is 0.407 e. The number of carbonyl (C=O) groups is 1. The van der Waals surface area contributed by atoms with Gasteiger partial charge in [0.1, 0.15) is 5.60 Å². The van der Waals surface area contributed by atoms with Crippen LogP contribution in [0.5, 0.6) is 0 Å². The molecule has 0 aliphatic rings. The Hall–Kier alpha value is -0.420. The van der Waals surface area contributed by atoms with Crippen LogP contribution in [0.25, 0.3) is 0 Å². The zero-order chi connectivity index (χ0) is 12.8. The molecule has 96 valence electrons. The van der Waals surface area contributed by atoms with E-state index < -0.39 is 5.60 Å². The number of rotatable bonds is 5. The van der Waals surface area contributed by atoms with E-state index in [1.807, 2.05) is 34.6 Å². The van der Waals surface area contributed by atoms with E-state index in [4.69, 9.17) is 10.5 Å². The van der Waals surface area contributed by atoms with E-state index >= 15 is 0 Å². The van der Waals surface area contributed by atoms with E-state index in [-0.39, 0.29) is 11.6 Å².